The second kappa shape index (κ2) is 29.2. The van der Waals surface area contributed by atoms with E-state index in [9.17, 15) is 0 Å². The van der Waals surface area contributed by atoms with Crippen LogP contribution < -0.4 is 5.46 Å². The van der Waals surface area contributed by atoms with Gasteiger partial charge in [0.25, 0.3) is 0 Å². The Labute approximate surface area is 459 Å². The first-order chi connectivity index (χ1) is 34.1. The first kappa shape index (κ1) is 56.5. The Kier molecular flexibility index (Phi) is 22.9. The fourth-order valence-electron chi connectivity index (χ4n) is 6.60. The molecular weight excluding hydrogens is 1310 g/mol. The van der Waals surface area contributed by atoms with Crippen molar-refractivity contribution in [1.29, 1.82) is 0 Å². The molecule has 0 bridgehead atoms. The van der Waals surface area contributed by atoms with E-state index in [4.69, 9.17) is 9.31 Å². The summed E-state index contributed by atoms with van der Waals surface area (Å²) in [6, 6.07) is 75.2. The molecule has 1 saturated heterocycles. The molecule has 0 N–H and O–H groups in total. The number of rotatable bonds is 6. The molecule has 0 amide bonds. The molecule has 0 spiro atoms. The molecule has 1 fully saturated rings. The minimum Gasteiger partial charge on any atom is -0.400 e. The first-order valence-corrected chi connectivity index (χ1v) is 23.4. The Hall–Kier alpha value is -6.46. The van der Waals surface area contributed by atoms with Gasteiger partial charge in [-0.05, 0) is 115 Å². The SMILES string of the molecule is Brc1ccccn1.CC1(C)OB(c2cc[c-]c(-c3ccccn3)c2)OC1(C)C.[Ir].[Ir].[c-]1ccc(-c2ccccn2)cc1-c1ccccn1.[c-]1ccccc1-c1ccccn1.[c-]1ccccc1-c1ccccn1. The summed E-state index contributed by atoms with van der Waals surface area (Å²) >= 11 is 3.20. The van der Waals surface area contributed by atoms with Crippen molar-refractivity contribution in [2.45, 2.75) is 38.9 Å². The van der Waals surface area contributed by atoms with Gasteiger partial charge in [-0.3, -0.25) is 4.98 Å². The van der Waals surface area contributed by atoms with Gasteiger partial charge in [-0.2, -0.15) is 0 Å². The summed E-state index contributed by atoms with van der Waals surface area (Å²) < 4.78 is 13.1. The van der Waals surface area contributed by atoms with E-state index in [1.165, 1.54) is 0 Å². The molecule has 8 nitrogen and oxygen atoms in total. The van der Waals surface area contributed by atoms with Crippen molar-refractivity contribution in [2.24, 2.45) is 0 Å². The van der Waals surface area contributed by atoms with Crippen molar-refractivity contribution in [3.63, 3.8) is 0 Å². The number of nitrogens with zero attached hydrogens (tertiary/aromatic N) is 6. The molecule has 7 heterocycles. The molecule has 1 aliphatic heterocycles. The van der Waals surface area contributed by atoms with Gasteiger partial charge in [-0.15, -0.1) is 137 Å². The van der Waals surface area contributed by atoms with Gasteiger partial charge < -0.3 is 29.2 Å². The molecule has 0 unspecified atom stereocenters. The van der Waals surface area contributed by atoms with Gasteiger partial charge in [0.2, 0.25) is 0 Å². The second-order valence-corrected chi connectivity index (χ2v) is 17.2. The van der Waals surface area contributed by atoms with Gasteiger partial charge in [-0.1, -0.05) is 66.2 Å². The standard InChI is InChI=1S/C17H19BNO2.C16H11N2.2C11H8N.C5H4BrN.2Ir/c1-16(2)17(3,4)21-18(20-16)14-9-7-8-13(12-14)15-10-5-6-11-19-15;1-3-10-17-15(8-1)13-6-5-7-14(12-13)16-9-2-4-11-18-16;2*1-2-6-10(7-3-1)11-8-4-5-9-12-11;6-5-3-1-2-4-7-5;;/h5-7,9-12H,1-4H3;1-6,8-12H;2*1-6,8-9H;1-4H;;/q4*-1;;;. The van der Waals surface area contributed by atoms with Crippen LogP contribution in [0.25, 0.3) is 56.3 Å². The molecule has 0 atom stereocenters. The van der Waals surface area contributed by atoms with Crippen LogP contribution in [0, 0.1) is 24.3 Å². The van der Waals surface area contributed by atoms with Crippen molar-refractivity contribution in [3.05, 3.63) is 260 Å². The Morgan fingerprint density at radius 3 is 1.10 bits per heavy atom. The van der Waals surface area contributed by atoms with Gasteiger partial charge >= 0.3 is 7.12 Å². The molecule has 2 radical (unpaired) electrons. The zero-order chi connectivity index (χ0) is 48.9. The number of hydrogen-bond acceptors (Lipinski definition) is 8. The third-order valence-electron chi connectivity index (χ3n) is 10.9. The fraction of sp³-hybridized carbons (Fsp3) is 0.100. The maximum atomic E-state index is 6.08. The molecular formula is C60H50BBrIr2N6O2-4. The second-order valence-electron chi connectivity index (χ2n) is 16.4. The number of halogens is 1. The quantitative estimate of drug-likeness (QED) is 0.0923. The monoisotopic (exact) mass is 1360 g/mol. The molecule has 364 valence electrons. The van der Waals surface area contributed by atoms with E-state index in [0.717, 1.165) is 66.4 Å². The van der Waals surface area contributed by atoms with E-state index in [0.29, 0.717) is 0 Å². The predicted molar refractivity (Wildman–Crippen MR) is 285 cm³/mol. The molecule has 0 aliphatic carbocycles. The fourth-order valence-corrected chi connectivity index (χ4v) is 6.87. The average molecular weight is 1360 g/mol. The molecule has 72 heavy (non-hydrogen) atoms. The van der Waals surface area contributed by atoms with Gasteiger partial charge in [0.15, 0.2) is 0 Å². The van der Waals surface area contributed by atoms with Gasteiger partial charge in [-0.25, -0.2) is 4.98 Å². The predicted octanol–water partition coefficient (Wildman–Crippen LogP) is 13.4. The number of pyridine rings is 6. The van der Waals surface area contributed by atoms with Crippen LogP contribution in [0.3, 0.4) is 0 Å². The summed E-state index contributed by atoms with van der Waals surface area (Å²) in [5, 5.41) is 0. The van der Waals surface area contributed by atoms with E-state index in [2.05, 4.69) is 104 Å². The normalized spacial score (nSPS) is 12.4. The van der Waals surface area contributed by atoms with Crippen molar-refractivity contribution >= 4 is 28.5 Å². The average Bonchev–Trinajstić information content (AvgIpc) is 3.66. The minimum absolute atomic E-state index is 0. The smallest absolute Gasteiger partial charge is 0.400 e. The maximum Gasteiger partial charge on any atom is 0.475 e. The van der Waals surface area contributed by atoms with Crippen LogP contribution in [0.2, 0.25) is 0 Å². The van der Waals surface area contributed by atoms with Crippen LogP contribution in [0.5, 0.6) is 0 Å². The molecule has 12 heteroatoms. The van der Waals surface area contributed by atoms with Crippen molar-refractivity contribution in [2.75, 3.05) is 0 Å². The zero-order valence-corrected chi connectivity index (χ0v) is 46.4. The largest absolute Gasteiger partial charge is 0.475 e. The van der Waals surface area contributed by atoms with Crippen molar-refractivity contribution in [3.8, 4) is 56.3 Å². The topological polar surface area (TPSA) is 95.8 Å². The third-order valence-corrected chi connectivity index (χ3v) is 11.4. The summed E-state index contributed by atoms with van der Waals surface area (Å²) in [4.78, 5) is 25.4. The zero-order valence-electron chi connectivity index (χ0n) is 40.1. The molecule has 11 rings (SSSR count). The third kappa shape index (κ3) is 17.1. The number of hydrogen-bond donors (Lipinski definition) is 0. The molecule has 1 aliphatic rings. The summed E-state index contributed by atoms with van der Waals surface area (Å²) in [5.41, 5.74) is 10.1. The van der Waals surface area contributed by atoms with E-state index in [1.54, 1.807) is 37.2 Å². The van der Waals surface area contributed by atoms with Gasteiger partial charge in [0, 0.05) is 77.4 Å². The minimum atomic E-state index is -0.355. The molecule has 6 aromatic heterocycles. The number of benzene rings is 4. The molecule has 10 aromatic rings. The maximum absolute atomic E-state index is 6.08. The summed E-state index contributed by atoms with van der Waals surface area (Å²) in [5.74, 6) is 0. The van der Waals surface area contributed by atoms with Crippen LogP contribution in [0.4, 0.5) is 0 Å². The Bertz CT molecular complexity index is 2830. The molecule has 4 aromatic carbocycles. The van der Waals surface area contributed by atoms with E-state index in [1.807, 2.05) is 188 Å². The van der Waals surface area contributed by atoms with E-state index in [-0.39, 0.29) is 58.5 Å². The van der Waals surface area contributed by atoms with Crippen molar-refractivity contribution < 1.29 is 49.5 Å². The van der Waals surface area contributed by atoms with Crippen LogP contribution in [0.1, 0.15) is 27.7 Å². The van der Waals surface area contributed by atoms with Crippen molar-refractivity contribution in [1.82, 2.24) is 29.9 Å². The van der Waals surface area contributed by atoms with Crippen LogP contribution >= 0.6 is 15.9 Å². The van der Waals surface area contributed by atoms with Gasteiger partial charge in [0.1, 0.15) is 4.60 Å². The summed E-state index contributed by atoms with van der Waals surface area (Å²) in [6.07, 6.45) is 10.7. The van der Waals surface area contributed by atoms with E-state index < -0.39 is 0 Å². The first-order valence-electron chi connectivity index (χ1n) is 22.6. The Morgan fingerprint density at radius 2 is 0.736 bits per heavy atom. The summed E-state index contributed by atoms with van der Waals surface area (Å²) in [6.45, 7) is 8.23. The molecule has 0 saturated carbocycles. The number of aromatic nitrogens is 6. The summed E-state index contributed by atoms with van der Waals surface area (Å²) in [7, 11) is -0.355. The Morgan fingerprint density at radius 1 is 0.375 bits per heavy atom. The Balaban J connectivity index is 0.000000173. The van der Waals surface area contributed by atoms with Crippen LogP contribution in [0.15, 0.2) is 236 Å². The van der Waals surface area contributed by atoms with Gasteiger partial charge in [0.05, 0.1) is 16.9 Å². The van der Waals surface area contributed by atoms with Crippen LogP contribution in [-0.4, -0.2) is 48.2 Å². The van der Waals surface area contributed by atoms with E-state index >= 15 is 0 Å². The van der Waals surface area contributed by atoms with Crippen LogP contribution in [-0.2, 0) is 49.5 Å².